The summed E-state index contributed by atoms with van der Waals surface area (Å²) in [4.78, 5) is 4.34. The molecule has 0 aliphatic rings. The number of aromatic amines is 1. The number of fused-ring (bicyclic) bond motifs is 1. The highest BCUT2D eigenvalue weighted by atomic mass is 32.2. The van der Waals surface area contributed by atoms with Gasteiger partial charge in [0.2, 0.25) is 0 Å². The third-order valence-corrected chi connectivity index (χ3v) is 4.44. The quantitative estimate of drug-likeness (QED) is 0.772. The Hall–Kier alpha value is -2.41. The molecule has 2 aromatic heterocycles. The Morgan fingerprint density at radius 1 is 1.20 bits per heavy atom. The van der Waals surface area contributed by atoms with Gasteiger partial charge in [0.15, 0.2) is 0 Å². The fraction of sp³-hybridized carbons (Fsp3) is 0.0769. The number of benzene rings is 1. The molecule has 6 nitrogen and oxygen atoms in total. The van der Waals surface area contributed by atoms with Crippen molar-refractivity contribution in [1.29, 1.82) is 0 Å². The topological polar surface area (TPSA) is 87.7 Å². The largest absolute Gasteiger partial charge is 0.281 e. The number of hydrogen-bond acceptors (Lipinski definition) is 4. The zero-order valence-electron chi connectivity index (χ0n) is 10.7. The van der Waals surface area contributed by atoms with Crippen LogP contribution in [0.4, 0.5) is 5.69 Å². The zero-order valence-corrected chi connectivity index (χ0v) is 11.5. The zero-order chi connectivity index (χ0) is 14.2. The van der Waals surface area contributed by atoms with Crippen molar-refractivity contribution in [2.45, 2.75) is 11.8 Å². The van der Waals surface area contributed by atoms with Gasteiger partial charge in [0.1, 0.15) is 4.90 Å². The lowest BCUT2D eigenvalue weighted by molar-refractivity contribution is 0.601. The number of pyridine rings is 1. The van der Waals surface area contributed by atoms with Crippen molar-refractivity contribution >= 4 is 26.6 Å². The summed E-state index contributed by atoms with van der Waals surface area (Å²) >= 11 is 0. The Labute approximate surface area is 115 Å². The summed E-state index contributed by atoms with van der Waals surface area (Å²) in [6.45, 7) is 1.66. The van der Waals surface area contributed by atoms with E-state index >= 15 is 0 Å². The number of aryl methyl sites for hydroxylation is 1. The Balaban J connectivity index is 2.08. The highest BCUT2D eigenvalue weighted by molar-refractivity contribution is 7.92. The third-order valence-electron chi connectivity index (χ3n) is 2.96. The number of rotatable bonds is 3. The van der Waals surface area contributed by atoms with Crippen LogP contribution in [0.3, 0.4) is 0 Å². The van der Waals surface area contributed by atoms with Crippen molar-refractivity contribution in [2.24, 2.45) is 0 Å². The molecule has 0 saturated carbocycles. The predicted molar refractivity (Wildman–Crippen MR) is 75.9 cm³/mol. The van der Waals surface area contributed by atoms with E-state index in [4.69, 9.17) is 0 Å². The van der Waals surface area contributed by atoms with Crippen molar-refractivity contribution in [3.8, 4) is 0 Å². The first kappa shape index (κ1) is 12.6. The van der Waals surface area contributed by atoms with E-state index in [1.165, 1.54) is 6.20 Å². The summed E-state index contributed by atoms with van der Waals surface area (Å²) in [5.41, 5.74) is 1.73. The summed E-state index contributed by atoms with van der Waals surface area (Å²) in [6.07, 6.45) is 2.96. The summed E-state index contributed by atoms with van der Waals surface area (Å²) in [5, 5.41) is 7.10. The summed E-state index contributed by atoms with van der Waals surface area (Å²) in [6, 6.07) is 8.88. The highest BCUT2D eigenvalue weighted by Crippen LogP contribution is 2.24. The van der Waals surface area contributed by atoms with Crippen LogP contribution in [0.1, 0.15) is 5.69 Å². The highest BCUT2D eigenvalue weighted by Gasteiger charge is 2.19. The minimum absolute atomic E-state index is 0.137. The maximum atomic E-state index is 12.3. The van der Waals surface area contributed by atoms with E-state index < -0.39 is 10.0 Å². The van der Waals surface area contributed by atoms with Gasteiger partial charge in [-0.05, 0) is 31.2 Å². The van der Waals surface area contributed by atoms with Crippen LogP contribution in [-0.4, -0.2) is 23.6 Å². The van der Waals surface area contributed by atoms with Gasteiger partial charge in [-0.2, -0.15) is 5.10 Å². The van der Waals surface area contributed by atoms with Crippen LogP contribution < -0.4 is 4.72 Å². The van der Waals surface area contributed by atoms with Crippen LogP contribution >= 0.6 is 0 Å². The van der Waals surface area contributed by atoms with Crippen LogP contribution in [0.2, 0.25) is 0 Å². The first-order chi connectivity index (χ1) is 9.58. The average Bonchev–Trinajstić information content (AvgIpc) is 2.86. The minimum atomic E-state index is -3.66. The van der Waals surface area contributed by atoms with Crippen LogP contribution in [0, 0.1) is 6.92 Å². The van der Waals surface area contributed by atoms with Gasteiger partial charge in [0.25, 0.3) is 10.0 Å². The molecule has 0 aliphatic carbocycles. The van der Waals surface area contributed by atoms with Gasteiger partial charge in [-0.3, -0.25) is 14.8 Å². The predicted octanol–water partition coefficient (Wildman–Crippen LogP) is 2.07. The monoisotopic (exact) mass is 288 g/mol. The molecule has 0 aliphatic heterocycles. The first-order valence-electron chi connectivity index (χ1n) is 5.94. The fourth-order valence-electron chi connectivity index (χ4n) is 2.00. The smallest absolute Gasteiger partial charge is 0.265 e. The fourth-order valence-corrected chi connectivity index (χ4v) is 3.22. The molecule has 0 atom stereocenters. The van der Waals surface area contributed by atoms with Crippen LogP contribution in [0.25, 0.3) is 10.9 Å². The second-order valence-corrected chi connectivity index (χ2v) is 5.99. The molecule has 20 heavy (non-hydrogen) atoms. The lowest BCUT2D eigenvalue weighted by Crippen LogP contribution is -2.13. The number of anilines is 1. The van der Waals surface area contributed by atoms with Gasteiger partial charge in [-0.1, -0.05) is 6.07 Å². The second kappa shape index (κ2) is 4.61. The average molecular weight is 288 g/mol. The Morgan fingerprint density at radius 2 is 2.05 bits per heavy atom. The van der Waals surface area contributed by atoms with E-state index in [0.717, 1.165) is 10.9 Å². The maximum absolute atomic E-state index is 12.3. The molecular weight excluding hydrogens is 276 g/mol. The van der Waals surface area contributed by atoms with Gasteiger partial charge in [0.05, 0.1) is 23.1 Å². The van der Waals surface area contributed by atoms with Crippen molar-refractivity contribution in [1.82, 2.24) is 15.2 Å². The standard InChI is InChI=1S/C13H12N4O2S/c1-9-13(8-15-16-9)20(18,19)17-12-6-2-5-11-10(12)4-3-7-14-11/h2-8,17H,1H3,(H,15,16). The first-order valence-corrected chi connectivity index (χ1v) is 7.43. The lowest BCUT2D eigenvalue weighted by atomic mass is 10.2. The van der Waals surface area contributed by atoms with Gasteiger partial charge >= 0.3 is 0 Å². The molecular formula is C13H12N4O2S. The van der Waals surface area contributed by atoms with Crippen molar-refractivity contribution < 1.29 is 8.42 Å². The molecule has 0 spiro atoms. The molecule has 7 heteroatoms. The van der Waals surface area contributed by atoms with E-state index in [1.807, 2.05) is 12.1 Å². The van der Waals surface area contributed by atoms with Crippen LogP contribution in [-0.2, 0) is 10.0 Å². The summed E-state index contributed by atoms with van der Waals surface area (Å²) in [7, 11) is -3.66. The summed E-state index contributed by atoms with van der Waals surface area (Å²) < 4.78 is 27.2. The molecule has 0 fully saturated rings. The van der Waals surface area contributed by atoms with E-state index in [1.54, 1.807) is 31.3 Å². The number of H-pyrrole nitrogens is 1. The molecule has 2 heterocycles. The molecule has 0 amide bonds. The Kier molecular flexibility index (Phi) is 2.90. The molecule has 2 N–H and O–H groups in total. The molecule has 0 radical (unpaired) electrons. The molecule has 102 valence electrons. The van der Waals surface area contributed by atoms with Gasteiger partial charge in [-0.25, -0.2) is 8.42 Å². The number of aromatic nitrogens is 3. The van der Waals surface area contributed by atoms with Gasteiger partial charge in [-0.15, -0.1) is 0 Å². The van der Waals surface area contributed by atoms with Crippen molar-refractivity contribution in [3.05, 3.63) is 48.4 Å². The molecule has 3 aromatic rings. The summed E-state index contributed by atoms with van der Waals surface area (Å²) in [5.74, 6) is 0. The molecule has 0 unspecified atom stereocenters. The molecule has 3 rings (SSSR count). The Bertz CT molecular complexity index is 865. The van der Waals surface area contributed by atoms with E-state index in [9.17, 15) is 8.42 Å². The van der Waals surface area contributed by atoms with Crippen molar-refractivity contribution in [2.75, 3.05) is 4.72 Å². The van der Waals surface area contributed by atoms with E-state index in [0.29, 0.717) is 11.4 Å². The number of nitrogens with zero attached hydrogens (tertiary/aromatic N) is 2. The number of hydrogen-bond donors (Lipinski definition) is 2. The second-order valence-electron chi connectivity index (χ2n) is 4.34. The van der Waals surface area contributed by atoms with Gasteiger partial charge < -0.3 is 0 Å². The SMILES string of the molecule is Cc1[nH]ncc1S(=O)(=O)Nc1cccc2ncccc12. The van der Waals surface area contributed by atoms with E-state index in [-0.39, 0.29) is 4.90 Å². The number of nitrogens with one attached hydrogen (secondary N) is 2. The minimum Gasteiger partial charge on any atom is -0.281 e. The molecule has 0 saturated heterocycles. The van der Waals surface area contributed by atoms with Gasteiger partial charge in [0, 0.05) is 11.6 Å². The molecule has 1 aromatic carbocycles. The van der Waals surface area contributed by atoms with Crippen LogP contribution in [0.15, 0.2) is 47.6 Å². The van der Waals surface area contributed by atoms with Crippen LogP contribution in [0.5, 0.6) is 0 Å². The lowest BCUT2D eigenvalue weighted by Gasteiger charge is -2.09. The third kappa shape index (κ3) is 2.12. The van der Waals surface area contributed by atoms with Crippen molar-refractivity contribution in [3.63, 3.8) is 0 Å². The maximum Gasteiger partial charge on any atom is 0.265 e. The van der Waals surface area contributed by atoms with E-state index in [2.05, 4.69) is 19.9 Å². The number of sulfonamides is 1. The normalized spacial score (nSPS) is 11.7. The molecule has 0 bridgehead atoms. The Morgan fingerprint density at radius 3 is 2.80 bits per heavy atom.